The maximum Gasteiger partial charge on any atom is 0.340 e. The fraction of sp³-hybridized carbons (Fsp3) is 0.167. The van der Waals surface area contributed by atoms with Crippen molar-refractivity contribution in [2.45, 2.75) is 13.5 Å². The van der Waals surface area contributed by atoms with Crippen LogP contribution in [0, 0.1) is 5.41 Å². The Hall–Kier alpha value is -3.51. The molecule has 4 N–H and O–H groups in total. The molecule has 0 radical (unpaired) electrons. The van der Waals surface area contributed by atoms with E-state index in [1.165, 1.54) is 0 Å². The van der Waals surface area contributed by atoms with E-state index in [0.29, 0.717) is 21.7 Å². The van der Waals surface area contributed by atoms with Gasteiger partial charge in [-0.15, -0.1) is 0 Å². The molecule has 31 heavy (non-hydrogen) atoms. The molecule has 0 bridgehead atoms. The highest BCUT2D eigenvalue weighted by Gasteiger charge is 2.24. The van der Waals surface area contributed by atoms with Gasteiger partial charge < -0.3 is 20.4 Å². The number of aromatic nitrogens is 1. The molecule has 4 rings (SSSR count). The van der Waals surface area contributed by atoms with Crippen molar-refractivity contribution in [1.29, 1.82) is 5.41 Å². The van der Waals surface area contributed by atoms with E-state index in [-0.39, 0.29) is 19.1 Å². The Balaban J connectivity index is 1.97. The van der Waals surface area contributed by atoms with Crippen molar-refractivity contribution in [3.63, 3.8) is 0 Å². The quantitative estimate of drug-likeness (QED) is 0.238. The molecule has 0 aliphatic carbocycles. The van der Waals surface area contributed by atoms with Crippen LogP contribution in [0.3, 0.4) is 0 Å². The Bertz CT molecular complexity index is 1320. The number of nitrogens with two attached hydrogens (primary N) is 1. The lowest BCUT2D eigenvalue weighted by atomic mass is 9.97. The van der Waals surface area contributed by atoms with E-state index in [2.05, 4.69) is 23.5 Å². The summed E-state index contributed by atoms with van der Waals surface area (Å²) < 4.78 is 7.22. The van der Waals surface area contributed by atoms with Gasteiger partial charge in [0, 0.05) is 28.5 Å². The molecule has 158 valence electrons. The van der Waals surface area contributed by atoms with Gasteiger partial charge in [-0.1, -0.05) is 54.1 Å². The molecule has 0 unspecified atom stereocenters. The van der Waals surface area contributed by atoms with Crippen LogP contribution in [0.5, 0.6) is 0 Å². The first-order valence-electron chi connectivity index (χ1n) is 9.96. The van der Waals surface area contributed by atoms with E-state index in [1.54, 1.807) is 6.92 Å². The fourth-order valence-corrected chi connectivity index (χ4v) is 4.26. The number of rotatable bonds is 5. The number of guanidine groups is 1. The minimum absolute atomic E-state index is 0.172. The summed E-state index contributed by atoms with van der Waals surface area (Å²) in [4.78, 5) is 12.8. The molecule has 0 aliphatic heterocycles. The molecule has 7 heteroatoms. The zero-order valence-electron chi connectivity index (χ0n) is 17.3. The number of hydrogen-bond acceptors (Lipinski definition) is 3. The van der Waals surface area contributed by atoms with Gasteiger partial charge >= 0.3 is 5.97 Å². The molecule has 1 heterocycles. The van der Waals surface area contributed by atoms with Crippen LogP contribution in [0.25, 0.3) is 32.8 Å². The zero-order chi connectivity index (χ0) is 22.1. The van der Waals surface area contributed by atoms with Gasteiger partial charge in [0.05, 0.1) is 24.4 Å². The van der Waals surface area contributed by atoms with Crippen molar-refractivity contribution in [3.8, 4) is 11.1 Å². The molecule has 0 atom stereocenters. The number of halogens is 1. The third-order valence-corrected chi connectivity index (χ3v) is 5.73. The SMILES string of the molecule is CCOC(=O)c1c(CNC(=N)N)n(C)c2cc(-c3cccc4ccccc34)c(Cl)cc12. The molecule has 3 aromatic carbocycles. The lowest BCUT2D eigenvalue weighted by molar-refractivity contribution is 0.0527. The number of nitrogens with zero attached hydrogens (tertiary/aromatic N) is 1. The fourth-order valence-electron chi connectivity index (χ4n) is 3.99. The molecule has 0 amide bonds. The van der Waals surface area contributed by atoms with Crippen LogP contribution in [-0.4, -0.2) is 23.1 Å². The Morgan fingerprint density at radius 2 is 1.87 bits per heavy atom. The monoisotopic (exact) mass is 434 g/mol. The number of hydrogen-bond donors (Lipinski definition) is 3. The van der Waals surface area contributed by atoms with Crippen molar-refractivity contribution in [3.05, 3.63) is 70.9 Å². The summed E-state index contributed by atoms with van der Waals surface area (Å²) in [6.45, 7) is 2.24. The van der Waals surface area contributed by atoms with Crippen molar-refractivity contribution in [2.75, 3.05) is 6.61 Å². The third-order valence-electron chi connectivity index (χ3n) is 5.42. The van der Waals surface area contributed by atoms with Gasteiger partial charge in [0.1, 0.15) is 0 Å². The predicted molar refractivity (Wildman–Crippen MR) is 126 cm³/mol. The largest absolute Gasteiger partial charge is 0.462 e. The summed E-state index contributed by atoms with van der Waals surface area (Å²) >= 11 is 6.75. The Morgan fingerprint density at radius 3 is 2.61 bits per heavy atom. The van der Waals surface area contributed by atoms with Crippen LogP contribution in [-0.2, 0) is 18.3 Å². The number of benzene rings is 3. The summed E-state index contributed by atoms with van der Waals surface area (Å²) in [6, 6.07) is 18.1. The maximum atomic E-state index is 12.8. The molecule has 0 fully saturated rings. The average molecular weight is 435 g/mol. The van der Waals surface area contributed by atoms with E-state index in [1.807, 2.05) is 48.0 Å². The van der Waals surface area contributed by atoms with Crippen molar-refractivity contribution < 1.29 is 9.53 Å². The Kier molecular flexibility index (Phi) is 5.57. The van der Waals surface area contributed by atoms with Gasteiger partial charge in [-0.3, -0.25) is 5.41 Å². The Morgan fingerprint density at radius 1 is 1.13 bits per heavy atom. The zero-order valence-corrected chi connectivity index (χ0v) is 18.1. The Labute approximate surface area is 185 Å². The van der Waals surface area contributed by atoms with Gasteiger partial charge in [-0.2, -0.15) is 0 Å². The van der Waals surface area contributed by atoms with Gasteiger partial charge in [-0.05, 0) is 35.4 Å². The van der Waals surface area contributed by atoms with E-state index in [9.17, 15) is 4.79 Å². The molecule has 0 saturated heterocycles. The first kappa shape index (κ1) is 20.8. The van der Waals surface area contributed by atoms with Gasteiger partial charge in [0.25, 0.3) is 0 Å². The summed E-state index contributed by atoms with van der Waals surface area (Å²) in [7, 11) is 1.88. The van der Waals surface area contributed by atoms with Crippen LogP contribution < -0.4 is 11.1 Å². The first-order valence-corrected chi connectivity index (χ1v) is 10.3. The highest BCUT2D eigenvalue weighted by Crippen LogP contribution is 2.38. The molecule has 0 saturated carbocycles. The number of nitrogens with one attached hydrogen (secondary N) is 2. The van der Waals surface area contributed by atoms with E-state index < -0.39 is 5.97 Å². The number of ether oxygens (including phenoxy) is 1. The number of carbonyl (C=O) groups excluding carboxylic acids is 1. The summed E-state index contributed by atoms with van der Waals surface area (Å²) in [6.07, 6.45) is 0. The summed E-state index contributed by atoms with van der Waals surface area (Å²) in [5, 5.41) is 13.7. The lowest BCUT2D eigenvalue weighted by Crippen LogP contribution is -2.31. The average Bonchev–Trinajstić information content (AvgIpc) is 3.02. The molecule has 0 aliphatic rings. The number of carbonyl (C=O) groups is 1. The highest BCUT2D eigenvalue weighted by atomic mass is 35.5. The highest BCUT2D eigenvalue weighted by molar-refractivity contribution is 6.35. The second-order valence-electron chi connectivity index (χ2n) is 7.24. The molecular formula is C24H23ClN4O2. The first-order chi connectivity index (χ1) is 14.9. The van der Waals surface area contributed by atoms with Crippen LogP contribution in [0.1, 0.15) is 23.0 Å². The van der Waals surface area contributed by atoms with Crippen LogP contribution in [0.2, 0.25) is 5.02 Å². The summed E-state index contributed by atoms with van der Waals surface area (Å²) in [5.41, 5.74) is 9.32. The minimum Gasteiger partial charge on any atom is -0.462 e. The second-order valence-corrected chi connectivity index (χ2v) is 7.65. The molecular weight excluding hydrogens is 412 g/mol. The smallest absolute Gasteiger partial charge is 0.340 e. The predicted octanol–water partition coefficient (Wildman–Crippen LogP) is 4.81. The summed E-state index contributed by atoms with van der Waals surface area (Å²) in [5.74, 6) is -0.600. The van der Waals surface area contributed by atoms with Gasteiger partial charge in [0.2, 0.25) is 0 Å². The van der Waals surface area contributed by atoms with Crippen LogP contribution >= 0.6 is 11.6 Å². The van der Waals surface area contributed by atoms with E-state index in [4.69, 9.17) is 27.5 Å². The van der Waals surface area contributed by atoms with Crippen molar-refractivity contribution >= 4 is 45.2 Å². The topological polar surface area (TPSA) is 93.1 Å². The minimum atomic E-state index is -0.428. The van der Waals surface area contributed by atoms with Crippen molar-refractivity contribution in [1.82, 2.24) is 9.88 Å². The van der Waals surface area contributed by atoms with Gasteiger partial charge in [0.15, 0.2) is 5.96 Å². The molecule has 6 nitrogen and oxygen atoms in total. The standard InChI is InChI=1S/C24H23ClN4O2/c1-3-31-23(30)22-18-11-19(25)17(12-20(18)29(2)21(22)13-28-24(26)27)16-10-6-8-14-7-4-5-9-15(14)16/h4-12H,3,13H2,1-2H3,(H4,26,27,28). The van der Waals surface area contributed by atoms with E-state index >= 15 is 0 Å². The molecule has 1 aromatic heterocycles. The lowest BCUT2D eigenvalue weighted by Gasteiger charge is -2.10. The number of esters is 1. The van der Waals surface area contributed by atoms with E-state index in [0.717, 1.165) is 27.4 Å². The number of aryl methyl sites for hydroxylation is 1. The van der Waals surface area contributed by atoms with Gasteiger partial charge in [-0.25, -0.2) is 4.79 Å². The normalized spacial score (nSPS) is 11.1. The second kappa shape index (κ2) is 8.32. The van der Waals surface area contributed by atoms with Crippen LogP contribution in [0.4, 0.5) is 0 Å². The van der Waals surface area contributed by atoms with Crippen molar-refractivity contribution in [2.24, 2.45) is 12.8 Å². The molecule has 0 spiro atoms. The van der Waals surface area contributed by atoms with Crippen LogP contribution in [0.15, 0.2) is 54.6 Å². The molecule has 4 aromatic rings. The number of fused-ring (bicyclic) bond motifs is 2. The maximum absolute atomic E-state index is 12.8. The third kappa shape index (κ3) is 3.70.